The van der Waals surface area contributed by atoms with Crippen molar-refractivity contribution in [1.82, 2.24) is 8.75 Å². The Morgan fingerprint density at radius 1 is 0.615 bits per heavy atom. The van der Waals surface area contributed by atoms with Crippen molar-refractivity contribution in [2.75, 3.05) is 0 Å². The molecule has 0 atom stereocenters. The van der Waals surface area contributed by atoms with Crippen LogP contribution in [0.1, 0.15) is 11.1 Å². The van der Waals surface area contributed by atoms with Crippen molar-refractivity contribution in [3.8, 4) is 44.4 Å². The van der Waals surface area contributed by atoms with E-state index in [1.54, 1.807) is 0 Å². The maximum absolute atomic E-state index is 9.71. The Bertz CT molecular complexity index is 1050. The molecule has 0 aliphatic rings. The summed E-state index contributed by atoms with van der Waals surface area (Å²) in [6.45, 7) is 0. The van der Waals surface area contributed by atoms with Crippen LogP contribution in [-0.2, 0) is 0 Å². The van der Waals surface area contributed by atoms with Crippen molar-refractivity contribution in [2.24, 2.45) is 0 Å². The van der Waals surface area contributed by atoms with Crippen LogP contribution in [0.25, 0.3) is 32.3 Å². The Hall–Kier alpha value is -3.32. The maximum atomic E-state index is 9.71. The van der Waals surface area contributed by atoms with Gasteiger partial charge in [0.25, 0.3) is 0 Å². The standard InChI is InChI=1S/C20H10N4S2/c21-11-15-17(23-25-19(15)13-7-3-1-4-8-13)18-16(12-22)20(26-24-18)14-9-5-2-6-10-14/h1-10H. The molecule has 0 saturated heterocycles. The molecule has 2 aromatic carbocycles. The van der Waals surface area contributed by atoms with Gasteiger partial charge in [0, 0.05) is 0 Å². The zero-order valence-corrected chi connectivity index (χ0v) is 15.0. The van der Waals surface area contributed by atoms with Crippen molar-refractivity contribution in [1.29, 1.82) is 10.5 Å². The van der Waals surface area contributed by atoms with Gasteiger partial charge in [0.2, 0.25) is 0 Å². The van der Waals surface area contributed by atoms with Crippen LogP contribution >= 0.6 is 23.1 Å². The summed E-state index contributed by atoms with van der Waals surface area (Å²) < 4.78 is 8.92. The Kier molecular flexibility index (Phi) is 4.28. The van der Waals surface area contributed by atoms with Gasteiger partial charge in [-0.3, -0.25) is 0 Å². The molecule has 2 heterocycles. The van der Waals surface area contributed by atoms with Gasteiger partial charge in [-0.05, 0) is 34.2 Å². The van der Waals surface area contributed by atoms with Gasteiger partial charge in [0.1, 0.15) is 34.7 Å². The predicted octanol–water partition coefficient (Wildman–Crippen LogP) is 5.34. The summed E-state index contributed by atoms with van der Waals surface area (Å²) in [6, 6.07) is 23.8. The van der Waals surface area contributed by atoms with Gasteiger partial charge in [-0.1, -0.05) is 60.7 Å². The molecular weight excluding hydrogens is 360 g/mol. The van der Waals surface area contributed by atoms with Crippen molar-refractivity contribution in [3.05, 3.63) is 71.8 Å². The van der Waals surface area contributed by atoms with Crippen molar-refractivity contribution >= 4 is 23.1 Å². The minimum absolute atomic E-state index is 0.461. The molecular formula is C20H10N4S2. The Labute approximate surface area is 158 Å². The first-order valence-electron chi connectivity index (χ1n) is 7.74. The van der Waals surface area contributed by atoms with E-state index in [0.717, 1.165) is 20.9 Å². The maximum Gasteiger partial charge on any atom is 0.123 e. The number of rotatable bonds is 3. The summed E-state index contributed by atoms with van der Waals surface area (Å²) in [6.07, 6.45) is 0. The second-order valence-electron chi connectivity index (χ2n) is 5.43. The van der Waals surface area contributed by atoms with E-state index in [0.29, 0.717) is 22.5 Å². The first-order valence-corrected chi connectivity index (χ1v) is 9.29. The molecule has 4 nitrogen and oxygen atoms in total. The number of nitriles is 2. The minimum atomic E-state index is 0.461. The van der Waals surface area contributed by atoms with Crippen LogP contribution in [0.3, 0.4) is 0 Å². The lowest BCUT2D eigenvalue weighted by atomic mass is 10.0. The second-order valence-corrected chi connectivity index (χ2v) is 6.97. The molecule has 26 heavy (non-hydrogen) atoms. The van der Waals surface area contributed by atoms with E-state index in [1.165, 1.54) is 23.1 Å². The molecule has 6 heteroatoms. The van der Waals surface area contributed by atoms with Crippen LogP contribution in [0.15, 0.2) is 60.7 Å². The second kappa shape index (κ2) is 6.89. The summed E-state index contributed by atoms with van der Waals surface area (Å²) in [5, 5.41) is 19.4. The van der Waals surface area contributed by atoms with Gasteiger partial charge in [-0.2, -0.15) is 19.3 Å². The highest BCUT2D eigenvalue weighted by Gasteiger charge is 2.24. The van der Waals surface area contributed by atoms with E-state index in [9.17, 15) is 10.5 Å². The third kappa shape index (κ3) is 2.68. The summed E-state index contributed by atoms with van der Waals surface area (Å²) in [5.74, 6) is 0. The van der Waals surface area contributed by atoms with E-state index in [2.05, 4.69) is 20.9 Å². The van der Waals surface area contributed by atoms with Crippen LogP contribution < -0.4 is 0 Å². The monoisotopic (exact) mass is 370 g/mol. The van der Waals surface area contributed by atoms with Crippen LogP contribution in [0.2, 0.25) is 0 Å². The first kappa shape index (κ1) is 16.2. The number of aromatic nitrogens is 2. The van der Waals surface area contributed by atoms with Gasteiger partial charge in [-0.25, -0.2) is 0 Å². The lowest BCUT2D eigenvalue weighted by molar-refractivity contribution is 1.39. The summed E-state index contributed by atoms with van der Waals surface area (Å²) >= 11 is 2.51. The van der Waals surface area contributed by atoms with Gasteiger partial charge < -0.3 is 0 Å². The average molecular weight is 370 g/mol. The first-order chi connectivity index (χ1) is 12.8. The number of hydrogen-bond donors (Lipinski definition) is 0. The quantitative estimate of drug-likeness (QED) is 0.487. The highest BCUT2D eigenvalue weighted by atomic mass is 32.1. The third-order valence-corrected chi connectivity index (χ3v) is 5.70. The molecule has 4 aromatic rings. The van der Waals surface area contributed by atoms with Crippen molar-refractivity contribution in [2.45, 2.75) is 0 Å². The van der Waals surface area contributed by atoms with Gasteiger partial charge >= 0.3 is 0 Å². The molecule has 0 unspecified atom stereocenters. The highest BCUT2D eigenvalue weighted by Crippen LogP contribution is 2.39. The number of nitrogens with zero attached hydrogens (tertiary/aromatic N) is 4. The van der Waals surface area contributed by atoms with E-state index in [-0.39, 0.29) is 0 Å². The van der Waals surface area contributed by atoms with Crippen LogP contribution in [-0.4, -0.2) is 8.75 Å². The molecule has 4 rings (SSSR count). The third-order valence-electron chi connectivity index (χ3n) is 3.90. The smallest absolute Gasteiger partial charge is 0.123 e. The molecule has 0 saturated carbocycles. The Morgan fingerprint density at radius 2 is 1.00 bits per heavy atom. The highest BCUT2D eigenvalue weighted by molar-refractivity contribution is 7.11. The molecule has 0 aliphatic carbocycles. The molecule has 0 fully saturated rings. The van der Waals surface area contributed by atoms with Crippen molar-refractivity contribution in [3.63, 3.8) is 0 Å². The molecule has 0 radical (unpaired) electrons. The normalized spacial score (nSPS) is 10.2. The average Bonchev–Trinajstić information content (AvgIpc) is 3.32. The molecule has 0 spiro atoms. The summed E-state index contributed by atoms with van der Waals surface area (Å²) in [4.78, 5) is 1.59. The van der Waals surface area contributed by atoms with E-state index >= 15 is 0 Å². The fraction of sp³-hybridized carbons (Fsp3) is 0. The molecule has 2 aromatic heterocycles. The van der Waals surface area contributed by atoms with Crippen LogP contribution in [0, 0.1) is 22.7 Å². The summed E-state index contributed by atoms with van der Waals surface area (Å²) in [5.41, 5.74) is 3.75. The topological polar surface area (TPSA) is 73.4 Å². The van der Waals surface area contributed by atoms with Crippen molar-refractivity contribution < 1.29 is 0 Å². The van der Waals surface area contributed by atoms with Crippen LogP contribution in [0.5, 0.6) is 0 Å². The number of benzene rings is 2. The minimum Gasteiger partial charge on any atom is -0.192 e. The zero-order chi connectivity index (χ0) is 17.9. The number of hydrogen-bond acceptors (Lipinski definition) is 6. The Balaban J connectivity index is 1.88. The molecule has 0 bridgehead atoms. The van der Waals surface area contributed by atoms with E-state index in [4.69, 9.17) is 0 Å². The largest absolute Gasteiger partial charge is 0.192 e. The zero-order valence-electron chi connectivity index (χ0n) is 13.4. The van der Waals surface area contributed by atoms with Gasteiger partial charge in [0.15, 0.2) is 0 Å². The molecule has 0 amide bonds. The predicted molar refractivity (Wildman–Crippen MR) is 104 cm³/mol. The molecule has 0 aliphatic heterocycles. The Morgan fingerprint density at radius 3 is 1.35 bits per heavy atom. The molecule has 0 N–H and O–H groups in total. The molecule has 122 valence electrons. The van der Waals surface area contributed by atoms with Crippen LogP contribution in [0.4, 0.5) is 0 Å². The fourth-order valence-electron chi connectivity index (χ4n) is 2.68. The van der Waals surface area contributed by atoms with Gasteiger partial charge in [0.05, 0.1) is 9.75 Å². The lowest BCUT2D eigenvalue weighted by Crippen LogP contribution is -1.87. The lowest BCUT2D eigenvalue weighted by Gasteiger charge is -1.99. The fourth-order valence-corrected chi connectivity index (χ4v) is 4.35. The van der Waals surface area contributed by atoms with E-state index < -0.39 is 0 Å². The summed E-state index contributed by atoms with van der Waals surface area (Å²) in [7, 11) is 0. The van der Waals surface area contributed by atoms with E-state index in [1.807, 2.05) is 60.7 Å². The SMILES string of the molecule is N#Cc1c(-c2nsc(-c3ccccc3)c2C#N)nsc1-c1ccccc1. The van der Waals surface area contributed by atoms with Gasteiger partial charge in [-0.15, -0.1) is 0 Å².